The van der Waals surface area contributed by atoms with Gasteiger partial charge in [-0.1, -0.05) is 6.07 Å². The van der Waals surface area contributed by atoms with Gasteiger partial charge >= 0.3 is 0 Å². The average Bonchev–Trinajstić information content (AvgIpc) is 2.29. The molecule has 0 aromatic heterocycles. The van der Waals surface area contributed by atoms with Gasteiger partial charge in [0.15, 0.2) is 0 Å². The van der Waals surface area contributed by atoms with Gasteiger partial charge < -0.3 is 0 Å². The quantitative estimate of drug-likeness (QED) is 0.815. The van der Waals surface area contributed by atoms with Crippen molar-refractivity contribution in [2.75, 3.05) is 13.1 Å². The summed E-state index contributed by atoms with van der Waals surface area (Å²) in [4.78, 5) is 2.14. The normalized spacial score (nSPS) is 11.6. The van der Waals surface area contributed by atoms with Crippen molar-refractivity contribution in [1.29, 1.82) is 5.26 Å². The van der Waals surface area contributed by atoms with Crippen LogP contribution in [0.2, 0.25) is 0 Å². The van der Waals surface area contributed by atoms with E-state index in [9.17, 15) is 8.78 Å². The summed E-state index contributed by atoms with van der Waals surface area (Å²) < 4.78 is 26.4. The van der Waals surface area contributed by atoms with Crippen molar-refractivity contribution < 1.29 is 8.78 Å². The van der Waals surface area contributed by atoms with Crippen LogP contribution in [0.15, 0.2) is 18.2 Å². The van der Waals surface area contributed by atoms with Gasteiger partial charge in [-0.2, -0.15) is 5.26 Å². The lowest BCUT2D eigenvalue weighted by molar-refractivity contribution is 0.141. The molecule has 0 saturated heterocycles. The summed E-state index contributed by atoms with van der Waals surface area (Å²) in [6, 6.07) is 5.79. The molecule has 0 fully saturated rings. The lowest BCUT2D eigenvalue weighted by Crippen LogP contribution is -2.43. The van der Waals surface area contributed by atoms with Gasteiger partial charge in [-0.05, 0) is 38.8 Å². The van der Waals surface area contributed by atoms with Crippen molar-refractivity contribution in [2.24, 2.45) is 0 Å². The molecule has 0 aliphatic heterocycles. The Morgan fingerprint density at radius 2 is 1.89 bits per heavy atom. The second-order valence-corrected chi connectivity index (χ2v) is 5.55. The van der Waals surface area contributed by atoms with Gasteiger partial charge in [-0.3, -0.25) is 4.90 Å². The zero-order chi connectivity index (χ0) is 14.5. The smallest absolute Gasteiger partial charge is 0.129 e. The van der Waals surface area contributed by atoms with Crippen LogP contribution in [0.3, 0.4) is 0 Å². The van der Waals surface area contributed by atoms with Crippen LogP contribution in [0.4, 0.5) is 8.78 Å². The number of benzene rings is 1. The van der Waals surface area contributed by atoms with Gasteiger partial charge in [0, 0.05) is 31.1 Å². The maximum absolute atomic E-state index is 13.5. The number of halogens is 2. The highest BCUT2D eigenvalue weighted by atomic mass is 19.1. The zero-order valence-electron chi connectivity index (χ0n) is 11.7. The largest absolute Gasteiger partial charge is 0.297 e. The lowest BCUT2D eigenvalue weighted by Gasteiger charge is -2.35. The molecule has 1 aromatic carbocycles. The number of rotatable bonds is 5. The minimum atomic E-state index is -0.557. The summed E-state index contributed by atoms with van der Waals surface area (Å²) in [6.45, 7) is 7.48. The van der Waals surface area contributed by atoms with Crippen molar-refractivity contribution in [2.45, 2.75) is 39.2 Å². The number of hydrogen-bond donors (Lipinski definition) is 0. The number of hydrogen-bond acceptors (Lipinski definition) is 2. The average molecular weight is 266 g/mol. The first kappa shape index (κ1) is 15.6. The molecule has 4 heteroatoms. The van der Waals surface area contributed by atoms with E-state index in [1.807, 2.05) is 0 Å². The second-order valence-electron chi connectivity index (χ2n) is 5.55. The molecule has 2 nitrogen and oxygen atoms in total. The Labute approximate surface area is 113 Å². The molecule has 0 saturated carbocycles. The Hall–Kier alpha value is -1.47. The van der Waals surface area contributed by atoms with Crippen molar-refractivity contribution in [1.82, 2.24) is 4.90 Å². The SMILES string of the molecule is CC(C)(C)N(CCC#N)CCc1ccc(F)cc1F. The van der Waals surface area contributed by atoms with Crippen molar-refractivity contribution >= 4 is 0 Å². The van der Waals surface area contributed by atoms with E-state index in [0.29, 0.717) is 31.5 Å². The molecule has 0 heterocycles. The van der Waals surface area contributed by atoms with Crippen molar-refractivity contribution in [3.8, 4) is 6.07 Å². The molecule has 0 N–H and O–H groups in total. The molecule has 0 bridgehead atoms. The van der Waals surface area contributed by atoms with Crippen LogP contribution in [0.25, 0.3) is 0 Å². The van der Waals surface area contributed by atoms with E-state index in [1.165, 1.54) is 12.1 Å². The molecule has 0 radical (unpaired) electrons. The lowest BCUT2D eigenvalue weighted by atomic mass is 10.0. The Kier molecular flexibility index (Phi) is 5.44. The zero-order valence-corrected chi connectivity index (χ0v) is 11.7. The van der Waals surface area contributed by atoms with Crippen LogP contribution in [0.5, 0.6) is 0 Å². The Bertz CT molecular complexity index is 458. The van der Waals surface area contributed by atoms with Crippen LogP contribution in [0, 0.1) is 23.0 Å². The molecule has 1 aromatic rings. The van der Waals surface area contributed by atoms with Crippen LogP contribution in [0.1, 0.15) is 32.8 Å². The van der Waals surface area contributed by atoms with Crippen LogP contribution in [-0.4, -0.2) is 23.5 Å². The van der Waals surface area contributed by atoms with Gasteiger partial charge in [-0.15, -0.1) is 0 Å². The summed E-state index contributed by atoms with van der Waals surface area (Å²) in [5.74, 6) is -1.06. The van der Waals surface area contributed by atoms with E-state index in [1.54, 1.807) is 0 Å². The second kappa shape index (κ2) is 6.63. The summed E-state index contributed by atoms with van der Waals surface area (Å²) in [6.07, 6.45) is 0.956. The highest BCUT2D eigenvalue weighted by molar-refractivity contribution is 5.18. The summed E-state index contributed by atoms with van der Waals surface area (Å²) in [5.41, 5.74) is 0.431. The number of nitriles is 1. The van der Waals surface area contributed by atoms with Gasteiger partial charge in [0.05, 0.1) is 6.07 Å². The molecule has 0 unspecified atom stereocenters. The maximum atomic E-state index is 13.5. The van der Waals surface area contributed by atoms with E-state index in [4.69, 9.17) is 5.26 Å². The van der Waals surface area contributed by atoms with E-state index in [2.05, 4.69) is 31.7 Å². The molecular weight excluding hydrogens is 246 g/mol. The van der Waals surface area contributed by atoms with Crippen LogP contribution < -0.4 is 0 Å². The fraction of sp³-hybridized carbons (Fsp3) is 0.533. The topological polar surface area (TPSA) is 27.0 Å². The van der Waals surface area contributed by atoms with E-state index in [-0.39, 0.29) is 5.54 Å². The molecule has 0 amide bonds. The van der Waals surface area contributed by atoms with Crippen molar-refractivity contribution in [3.63, 3.8) is 0 Å². The molecule has 19 heavy (non-hydrogen) atoms. The minimum absolute atomic E-state index is 0.0760. The Morgan fingerprint density at radius 3 is 2.42 bits per heavy atom. The molecular formula is C15H20F2N2. The van der Waals surface area contributed by atoms with E-state index < -0.39 is 11.6 Å². The molecule has 0 aliphatic carbocycles. The number of nitrogens with zero attached hydrogens (tertiary/aromatic N) is 2. The van der Waals surface area contributed by atoms with Crippen LogP contribution >= 0.6 is 0 Å². The third kappa shape index (κ3) is 4.96. The summed E-state index contributed by atoms with van der Waals surface area (Å²) in [7, 11) is 0. The third-order valence-corrected chi connectivity index (χ3v) is 3.11. The first-order chi connectivity index (χ1) is 8.84. The van der Waals surface area contributed by atoms with Crippen LogP contribution in [-0.2, 0) is 6.42 Å². The standard InChI is InChI=1S/C15H20F2N2/c1-15(2,3)19(9-4-8-18)10-7-12-5-6-13(16)11-14(12)17/h5-6,11H,4,7,9-10H2,1-3H3. The Balaban J connectivity index is 2.68. The predicted molar refractivity (Wildman–Crippen MR) is 71.6 cm³/mol. The van der Waals surface area contributed by atoms with E-state index in [0.717, 1.165) is 6.07 Å². The fourth-order valence-corrected chi connectivity index (χ4v) is 1.95. The highest BCUT2D eigenvalue weighted by Gasteiger charge is 2.20. The third-order valence-electron chi connectivity index (χ3n) is 3.11. The van der Waals surface area contributed by atoms with Gasteiger partial charge in [0.1, 0.15) is 11.6 Å². The predicted octanol–water partition coefficient (Wildman–Crippen LogP) is 3.52. The first-order valence-electron chi connectivity index (χ1n) is 6.40. The molecule has 0 aliphatic rings. The van der Waals surface area contributed by atoms with Gasteiger partial charge in [-0.25, -0.2) is 8.78 Å². The monoisotopic (exact) mass is 266 g/mol. The fourth-order valence-electron chi connectivity index (χ4n) is 1.95. The minimum Gasteiger partial charge on any atom is -0.297 e. The van der Waals surface area contributed by atoms with Gasteiger partial charge in [0.25, 0.3) is 0 Å². The summed E-state index contributed by atoms with van der Waals surface area (Å²) >= 11 is 0. The van der Waals surface area contributed by atoms with Gasteiger partial charge in [0.2, 0.25) is 0 Å². The molecule has 0 atom stereocenters. The maximum Gasteiger partial charge on any atom is 0.129 e. The summed E-state index contributed by atoms with van der Waals surface area (Å²) in [5, 5.41) is 8.66. The first-order valence-corrected chi connectivity index (χ1v) is 6.40. The highest BCUT2D eigenvalue weighted by Crippen LogP contribution is 2.16. The van der Waals surface area contributed by atoms with Crippen molar-refractivity contribution in [3.05, 3.63) is 35.4 Å². The molecule has 0 spiro atoms. The molecule has 1 rings (SSSR count). The molecule has 104 valence electrons. The van der Waals surface area contributed by atoms with E-state index >= 15 is 0 Å². The Morgan fingerprint density at radius 1 is 1.21 bits per heavy atom.